The van der Waals surface area contributed by atoms with Gasteiger partial charge >= 0.3 is 0 Å². The van der Waals surface area contributed by atoms with E-state index in [1.165, 1.54) is 37.7 Å². The van der Waals surface area contributed by atoms with Crippen LogP contribution in [0.25, 0.3) is 0 Å². The second-order valence-corrected chi connectivity index (χ2v) is 24.7. The quantitative estimate of drug-likeness (QED) is 0.0561. The Bertz CT molecular complexity index is 987. The van der Waals surface area contributed by atoms with Crippen molar-refractivity contribution in [2.75, 3.05) is 26.4 Å². The molecular formula is C37H66FeO5Si2-6. The third kappa shape index (κ3) is 18.9. The Morgan fingerprint density at radius 3 is 1.49 bits per heavy atom. The number of aldehydes is 1. The molecule has 266 valence electrons. The summed E-state index contributed by atoms with van der Waals surface area (Å²) in [6.45, 7) is 27.7. The predicted molar refractivity (Wildman–Crippen MR) is 192 cm³/mol. The minimum absolute atomic E-state index is 0. The summed E-state index contributed by atoms with van der Waals surface area (Å²) in [6.07, 6.45) is 10.3. The van der Waals surface area contributed by atoms with E-state index in [1.807, 2.05) is 18.2 Å². The third-order valence-corrected chi connectivity index (χ3v) is 18.3. The second kappa shape index (κ2) is 22.7. The summed E-state index contributed by atoms with van der Waals surface area (Å²) in [5.74, 6) is 0. The first-order chi connectivity index (χ1) is 20.6. The summed E-state index contributed by atoms with van der Waals surface area (Å²) in [7, 11) is -3.12. The first-order valence-electron chi connectivity index (χ1n) is 16.9. The fraction of sp³-hybridized carbons (Fsp3) is 0.703. The molecule has 0 aliphatic carbocycles. The molecule has 5 nitrogen and oxygen atoms in total. The molecule has 8 heteroatoms. The first-order valence-corrected chi connectivity index (χ1v) is 22.8. The number of rotatable bonds is 21. The van der Waals surface area contributed by atoms with Crippen molar-refractivity contribution < 1.29 is 40.2 Å². The van der Waals surface area contributed by atoms with E-state index in [4.69, 9.17) is 18.3 Å². The Hall–Kier alpha value is -0.837. The zero-order valence-corrected chi connectivity index (χ0v) is 33.5. The number of hydrogen-bond acceptors (Lipinski definition) is 5. The summed E-state index contributed by atoms with van der Waals surface area (Å²) in [5, 5.41) is 0.615. The molecule has 0 bridgehead atoms. The molecule has 0 heterocycles. The van der Waals surface area contributed by atoms with E-state index in [0.29, 0.717) is 16.7 Å². The molecular weight excluding hydrogens is 636 g/mol. The van der Waals surface area contributed by atoms with Gasteiger partial charge in [0, 0.05) is 50.1 Å². The molecule has 0 unspecified atom stereocenters. The summed E-state index contributed by atoms with van der Waals surface area (Å²) in [5.41, 5.74) is 3.01. The van der Waals surface area contributed by atoms with Crippen molar-refractivity contribution in [3.8, 4) is 0 Å². The Labute approximate surface area is 290 Å². The molecule has 2 rings (SSSR count). The average Bonchev–Trinajstić information content (AvgIpc) is 3.62. The van der Waals surface area contributed by atoms with Gasteiger partial charge in [0.2, 0.25) is 0 Å². The molecule has 0 aliphatic heterocycles. The number of carbonyl (C=O) groups is 1. The van der Waals surface area contributed by atoms with Crippen LogP contribution in [-0.2, 0) is 48.6 Å². The minimum Gasteiger partial charge on any atom is -0.758 e. The Balaban J connectivity index is 0.000000845. The first kappa shape index (κ1) is 44.2. The van der Waals surface area contributed by atoms with E-state index in [-0.39, 0.29) is 17.1 Å². The van der Waals surface area contributed by atoms with Crippen LogP contribution in [0.2, 0.25) is 36.3 Å². The molecule has 0 N–H and O–H groups in total. The van der Waals surface area contributed by atoms with Crippen LogP contribution in [0.15, 0.2) is 42.5 Å². The van der Waals surface area contributed by atoms with Gasteiger partial charge in [0.25, 0.3) is 0 Å². The standard InChI is InChI=1S/C19H33O3Si.C18H33O2Si.Fe/c1-19(2,3)23(4,5)22-14-9-7-6-8-13-21-16-18-12-10-11-17(18)15-20;1-18(2,3)21(4,5)20-15-11-7-6-10-14-19-16-17-12-8-9-13-17;/h10-12,15H,6-9,13-14,16H2,1-5H3;8-9,12-13H,6-7,10-11,14-16H2,1-5H3;/q-5;-1;. The minimum atomic E-state index is -1.58. The fourth-order valence-corrected chi connectivity index (χ4v) is 6.18. The van der Waals surface area contributed by atoms with Crippen molar-refractivity contribution in [2.45, 2.75) is 142 Å². The van der Waals surface area contributed by atoms with Crippen LogP contribution in [0.5, 0.6) is 0 Å². The Kier molecular flexibility index (Phi) is 22.3. The van der Waals surface area contributed by atoms with Gasteiger partial charge in [-0.3, -0.25) is 6.29 Å². The van der Waals surface area contributed by atoms with E-state index in [1.54, 1.807) is 0 Å². The van der Waals surface area contributed by atoms with Gasteiger partial charge in [-0.05, 0) is 61.9 Å². The molecule has 0 saturated carbocycles. The van der Waals surface area contributed by atoms with Gasteiger partial charge in [-0.15, -0.1) is 5.56 Å². The number of ether oxygens (including phenoxy) is 2. The van der Waals surface area contributed by atoms with Gasteiger partial charge in [0.15, 0.2) is 16.6 Å². The molecule has 2 aromatic rings. The van der Waals surface area contributed by atoms with Crippen LogP contribution < -0.4 is 0 Å². The van der Waals surface area contributed by atoms with Gasteiger partial charge in [-0.1, -0.05) is 73.8 Å². The zero-order valence-electron chi connectivity index (χ0n) is 30.4. The van der Waals surface area contributed by atoms with E-state index < -0.39 is 16.6 Å². The van der Waals surface area contributed by atoms with Crippen LogP contribution in [0.1, 0.15) is 114 Å². The van der Waals surface area contributed by atoms with Crippen molar-refractivity contribution in [2.24, 2.45) is 0 Å². The van der Waals surface area contributed by atoms with E-state index in [2.05, 4.69) is 92.0 Å². The van der Waals surface area contributed by atoms with Crippen molar-refractivity contribution in [3.05, 3.63) is 59.2 Å². The monoisotopic (exact) mass is 702 g/mol. The van der Waals surface area contributed by atoms with Crippen LogP contribution in [0, 0.1) is 0 Å². The average molecular weight is 703 g/mol. The molecule has 0 atom stereocenters. The number of carbonyl (C=O) groups excluding carboxylic acids is 1. The number of hydrogen-bond donors (Lipinski definition) is 0. The summed E-state index contributed by atoms with van der Waals surface area (Å²) in [6, 6.07) is 14.0. The molecule has 0 spiro atoms. The molecule has 2 aromatic carbocycles. The molecule has 0 aliphatic rings. The molecule has 0 aromatic heterocycles. The van der Waals surface area contributed by atoms with E-state index in [0.717, 1.165) is 69.7 Å². The van der Waals surface area contributed by atoms with Crippen molar-refractivity contribution >= 4 is 22.9 Å². The Morgan fingerprint density at radius 1 is 0.644 bits per heavy atom. The van der Waals surface area contributed by atoms with Gasteiger partial charge in [0.1, 0.15) is 0 Å². The normalized spacial score (nSPS) is 12.4. The van der Waals surface area contributed by atoms with Crippen LogP contribution >= 0.6 is 0 Å². The maximum absolute atomic E-state index is 10.8. The second-order valence-electron chi connectivity index (χ2n) is 15.1. The van der Waals surface area contributed by atoms with Gasteiger partial charge < -0.3 is 52.4 Å². The maximum atomic E-state index is 10.8. The predicted octanol–water partition coefficient (Wildman–Crippen LogP) is 10.8. The fourth-order valence-electron chi connectivity index (χ4n) is 4.01. The topological polar surface area (TPSA) is 54.0 Å². The molecule has 0 amide bonds. The van der Waals surface area contributed by atoms with Crippen molar-refractivity contribution in [3.63, 3.8) is 0 Å². The number of unbranched alkanes of at least 4 members (excludes halogenated alkanes) is 6. The van der Waals surface area contributed by atoms with Crippen LogP contribution in [-0.4, -0.2) is 49.3 Å². The van der Waals surface area contributed by atoms with Gasteiger partial charge in [-0.2, -0.15) is 12.1 Å². The molecule has 0 fully saturated rings. The smallest absolute Gasteiger partial charge is 0.191 e. The summed E-state index contributed by atoms with van der Waals surface area (Å²) < 4.78 is 23.7. The van der Waals surface area contributed by atoms with Crippen LogP contribution in [0.4, 0.5) is 0 Å². The van der Waals surface area contributed by atoms with E-state index >= 15 is 0 Å². The largest absolute Gasteiger partial charge is 0.758 e. The maximum Gasteiger partial charge on any atom is 0.191 e. The van der Waals surface area contributed by atoms with Crippen molar-refractivity contribution in [1.82, 2.24) is 0 Å². The van der Waals surface area contributed by atoms with Crippen LogP contribution in [0.3, 0.4) is 0 Å². The van der Waals surface area contributed by atoms with E-state index in [9.17, 15) is 4.79 Å². The van der Waals surface area contributed by atoms with Gasteiger partial charge in [-0.25, -0.2) is 12.1 Å². The Morgan fingerprint density at radius 2 is 1.07 bits per heavy atom. The molecule has 0 saturated heterocycles. The summed E-state index contributed by atoms with van der Waals surface area (Å²) in [4.78, 5) is 10.8. The zero-order chi connectivity index (χ0) is 33.1. The van der Waals surface area contributed by atoms with Gasteiger partial charge in [0.05, 0.1) is 0 Å². The third-order valence-electron chi connectivity index (χ3n) is 9.23. The van der Waals surface area contributed by atoms with Crippen molar-refractivity contribution in [1.29, 1.82) is 0 Å². The SMILES string of the molecule is CC(C)(C)[Si](C)(C)OCCCCCCOC[c-]1[cH-][cH-][cH-][c-]1C=O.CC(C)(C)[Si](C)(C)OCCCCCCOC[c-]1cccc1.[Fe]. The molecule has 0 radical (unpaired) electrons. The summed E-state index contributed by atoms with van der Waals surface area (Å²) >= 11 is 0. The molecule has 45 heavy (non-hydrogen) atoms.